The summed E-state index contributed by atoms with van der Waals surface area (Å²) in [5.74, 6) is 2.36. The number of fused-ring (bicyclic) bond motifs is 3. The lowest BCUT2D eigenvalue weighted by molar-refractivity contribution is -0.703. The first-order chi connectivity index (χ1) is 20.5. The van der Waals surface area contributed by atoms with E-state index in [9.17, 15) is 4.79 Å². The molecule has 0 fully saturated rings. The predicted molar refractivity (Wildman–Crippen MR) is 160 cm³/mol. The normalized spacial score (nSPS) is 11.4. The second kappa shape index (κ2) is 11.9. The second-order valence-electron chi connectivity index (χ2n) is 10.4. The minimum Gasteiger partial charge on any atom is -0.497 e. The van der Waals surface area contributed by atoms with Crippen molar-refractivity contribution in [3.05, 3.63) is 95.5 Å². The molecule has 6 aromatic rings. The molecule has 0 saturated heterocycles. The average Bonchev–Trinajstić information content (AvgIpc) is 3.46. The number of rotatable bonds is 11. The number of hydrogen-bond donors (Lipinski definition) is 0. The zero-order chi connectivity index (χ0) is 29.1. The van der Waals surface area contributed by atoms with E-state index in [0.717, 1.165) is 80.3 Å². The molecule has 4 aromatic heterocycles. The summed E-state index contributed by atoms with van der Waals surface area (Å²) in [6.45, 7) is 5.27. The number of aromatic nitrogens is 6. The fourth-order valence-electron chi connectivity index (χ4n) is 5.16. The van der Waals surface area contributed by atoms with Gasteiger partial charge in [0.25, 0.3) is 0 Å². The largest absolute Gasteiger partial charge is 0.497 e. The minimum absolute atomic E-state index is 0.472. The first-order valence-electron chi connectivity index (χ1n) is 14.2. The van der Waals surface area contributed by atoms with Crippen LogP contribution in [0.3, 0.4) is 0 Å². The zero-order valence-electron chi connectivity index (χ0n) is 24.1. The molecule has 0 aliphatic rings. The summed E-state index contributed by atoms with van der Waals surface area (Å²) < 4.78 is 15.5. The van der Waals surface area contributed by atoms with Gasteiger partial charge in [0.1, 0.15) is 30.1 Å². The molecule has 0 amide bonds. The van der Waals surface area contributed by atoms with Crippen molar-refractivity contribution >= 4 is 33.7 Å². The van der Waals surface area contributed by atoms with E-state index >= 15 is 0 Å². The van der Waals surface area contributed by atoms with E-state index in [0.29, 0.717) is 32.4 Å². The maximum Gasteiger partial charge on any atom is 0.224 e. The third-order valence-corrected chi connectivity index (χ3v) is 7.48. The molecule has 0 spiro atoms. The molecule has 0 radical (unpaired) electrons. The fourth-order valence-corrected chi connectivity index (χ4v) is 5.16. The Kier molecular flexibility index (Phi) is 7.72. The van der Waals surface area contributed by atoms with Crippen molar-refractivity contribution in [1.82, 2.24) is 24.6 Å². The van der Waals surface area contributed by atoms with Crippen LogP contribution < -0.4 is 14.0 Å². The smallest absolute Gasteiger partial charge is 0.224 e. The molecule has 0 atom stereocenters. The number of hydrogen-bond acceptors (Lipinski definition) is 7. The highest BCUT2D eigenvalue weighted by Crippen LogP contribution is 2.21. The Labute approximate surface area is 243 Å². The van der Waals surface area contributed by atoms with Crippen molar-refractivity contribution in [2.45, 2.75) is 46.1 Å². The molecule has 0 saturated carbocycles. The minimum atomic E-state index is 0.472. The van der Waals surface area contributed by atoms with Crippen molar-refractivity contribution in [3.8, 4) is 11.5 Å². The van der Waals surface area contributed by atoms with Gasteiger partial charge in [-0.05, 0) is 56.2 Å². The Bertz CT molecular complexity index is 1920. The third-order valence-electron chi connectivity index (χ3n) is 7.48. The monoisotopic (exact) mass is 561 g/mol. The van der Waals surface area contributed by atoms with E-state index in [4.69, 9.17) is 24.5 Å². The SMILES string of the molecule is COc1ccc2ccc(CCc3nc4c(C)[n+](CCOc5ccc6ccc(CCC=O)nc6c5)cc(C)n4n3)nc2c1. The molecule has 0 unspecified atom stereocenters. The fraction of sp³-hybridized carbons (Fsp3) is 0.273. The van der Waals surface area contributed by atoms with Gasteiger partial charge in [-0.2, -0.15) is 9.67 Å². The standard InChI is InChI=1S/C33H33N6O3/c1-22-21-38(16-18-42-29-14-9-25-6-10-26(5-4-17-40)34-31(25)20-29)23(2)33-36-32(37-39(22)33)15-12-27-11-7-24-8-13-28(41-3)19-30(24)35-27/h6-11,13-14,17,19-21H,4-5,12,15-16,18H2,1-3H3/q+1. The molecule has 6 rings (SSSR count). The number of aldehydes is 1. The van der Waals surface area contributed by atoms with Gasteiger partial charge in [0.2, 0.25) is 11.3 Å². The Balaban J connectivity index is 1.13. The number of nitrogens with zero attached hydrogens (tertiary/aromatic N) is 6. The van der Waals surface area contributed by atoms with Crippen LogP contribution >= 0.6 is 0 Å². The number of carbonyl (C=O) groups excluding carboxylic acids is 1. The van der Waals surface area contributed by atoms with Crippen molar-refractivity contribution in [1.29, 1.82) is 0 Å². The summed E-state index contributed by atoms with van der Waals surface area (Å²) in [5.41, 5.74) is 6.57. The maximum absolute atomic E-state index is 10.7. The molecule has 2 aromatic carbocycles. The molecule has 9 nitrogen and oxygen atoms in total. The molecule has 212 valence electrons. The second-order valence-corrected chi connectivity index (χ2v) is 10.4. The molecule has 0 aliphatic heterocycles. The van der Waals surface area contributed by atoms with E-state index in [1.807, 2.05) is 60.0 Å². The number of benzene rings is 2. The number of methoxy groups -OCH3 is 1. The van der Waals surface area contributed by atoms with Gasteiger partial charge in [-0.25, -0.2) is 9.50 Å². The van der Waals surface area contributed by atoms with Crippen LogP contribution in [0.15, 0.2) is 66.9 Å². The van der Waals surface area contributed by atoms with Crippen molar-refractivity contribution in [3.63, 3.8) is 0 Å². The molecule has 0 N–H and O–H groups in total. The summed E-state index contributed by atoms with van der Waals surface area (Å²) in [4.78, 5) is 25.1. The molecule has 0 bridgehead atoms. The predicted octanol–water partition coefficient (Wildman–Crippen LogP) is 4.73. The van der Waals surface area contributed by atoms with Gasteiger partial charge in [0, 0.05) is 54.1 Å². The topological polar surface area (TPSA) is 95.4 Å². The molecule has 0 aliphatic carbocycles. The summed E-state index contributed by atoms with van der Waals surface area (Å²) in [6.07, 6.45) is 5.56. The Morgan fingerprint density at radius 3 is 2.21 bits per heavy atom. The van der Waals surface area contributed by atoms with E-state index < -0.39 is 0 Å². The van der Waals surface area contributed by atoms with E-state index in [1.54, 1.807) is 7.11 Å². The molecule has 42 heavy (non-hydrogen) atoms. The lowest BCUT2D eigenvalue weighted by atomic mass is 10.1. The summed E-state index contributed by atoms with van der Waals surface area (Å²) in [5, 5.41) is 6.92. The van der Waals surface area contributed by atoms with E-state index in [1.165, 1.54) is 0 Å². The Morgan fingerprint density at radius 2 is 1.50 bits per heavy atom. The van der Waals surface area contributed by atoms with Crippen LogP contribution in [0.5, 0.6) is 11.5 Å². The van der Waals surface area contributed by atoms with E-state index in [-0.39, 0.29) is 0 Å². The quantitative estimate of drug-likeness (QED) is 0.167. The summed E-state index contributed by atoms with van der Waals surface area (Å²) in [6, 6.07) is 20.0. The maximum atomic E-state index is 10.7. The van der Waals surface area contributed by atoms with Crippen molar-refractivity contribution < 1.29 is 18.8 Å². The lowest BCUT2D eigenvalue weighted by Crippen LogP contribution is -2.41. The van der Waals surface area contributed by atoms with Crippen LogP contribution in [-0.4, -0.2) is 44.6 Å². The van der Waals surface area contributed by atoms with Crippen LogP contribution in [0, 0.1) is 13.8 Å². The first kappa shape index (κ1) is 27.3. The Morgan fingerprint density at radius 1 is 0.833 bits per heavy atom. The molecular weight excluding hydrogens is 528 g/mol. The average molecular weight is 562 g/mol. The summed E-state index contributed by atoms with van der Waals surface area (Å²) in [7, 11) is 1.67. The van der Waals surface area contributed by atoms with Crippen molar-refractivity contribution in [2.75, 3.05) is 13.7 Å². The molecular formula is C33H33N6O3+. The van der Waals surface area contributed by atoms with Gasteiger partial charge >= 0.3 is 0 Å². The van der Waals surface area contributed by atoms with Crippen LogP contribution in [0.1, 0.15) is 35.0 Å². The Hall–Kier alpha value is -4.92. The van der Waals surface area contributed by atoms with Crippen LogP contribution in [0.2, 0.25) is 0 Å². The lowest BCUT2D eigenvalue weighted by Gasteiger charge is -2.08. The van der Waals surface area contributed by atoms with Gasteiger partial charge in [0.05, 0.1) is 18.1 Å². The van der Waals surface area contributed by atoms with Gasteiger partial charge in [-0.15, -0.1) is 0 Å². The van der Waals surface area contributed by atoms with Gasteiger partial charge in [0.15, 0.2) is 18.6 Å². The third kappa shape index (κ3) is 5.76. The number of aryl methyl sites for hydroxylation is 5. The van der Waals surface area contributed by atoms with Crippen molar-refractivity contribution in [2.24, 2.45) is 0 Å². The highest BCUT2D eigenvalue weighted by Gasteiger charge is 2.18. The first-order valence-corrected chi connectivity index (χ1v) is 14.2. The number of ether oxygens (including phenoxy) is 2. The zero-order valence-corrected chi connectivity index (χ0v) is 24.1. The highest BCUT2D eigenvalue weighted by molar-refractivity contribution is 5.81. The van der Waals surface area contributed by atoms with Crippen LogP contribution in [0.4, 0.5) is 0 Å². The highest BCUT2D eigenvalue weighted by atomic mass is 16.5. The van der Waals surface area contributed by atoms with Gasteiger partial charge in [-0.1, -0.05) is 12.1 Å². The summed E-state index contributed by atoms with van der Waals surface area (Å²) >= 11 is 0. The molecule has 4 heterocycles. The number of carbonyl (C=O) groups is 1. The van der Waals surface area contributed by atoms with Crippen LogP contribution in [0.25, 0.3) is 27.5 Å². The van der Waals surface area contributed by atoms with Crippen LogP contribution in [-0.2, 0) is 30.6 Å². The molecule has 9 heteroatoms. The van der Waals surface area contributed by atoms with E-state index in [2.05, 4.69) is 34.8 Å². The van der Waals surface area contributed by atoms with Gasteiger partial charge < -0.3 is 14.3 Å². The number of pyridine rings is 2. The van der Waals surface area contributed by atoms with Gasteiger partial charge in [-0.3, -0.25) is 9.97 Å².